The number of imidazole rings is 1. The van der Waals surface area contributed by atoms with E-state index in [1.807, 2.05) is 0 Å². The molecule has 138 valence electrons. The van der Waals surface area contributed by atoms with Crippen LogP contribution in [0.2, 0.25) is 0 Å². The van der Waals surface area contributed by atoms with E-state index in [9.17, 15) is 0 Å². The van der Waals surface area contributed by atoms with Crippen LogP contribution in [0.4, 0.5) is 5.82 Å². The Morgan fingerprint density at radius 1 is 1.27 bits per heavy atom. The van der Waals surface area contributed by atoms with Crippen molar-refractivity contribution in [2.75, 3.05) is 44.7 Å². The van der Waals surface area contributed by atoms with Crippen molar-refractivity contribution < 1.29 is 4.74 Å². The van der Waals surface area contributed by atoms with Crippen LogP contribution in [0.1, 0.15) is 19.9 Å². The summed E-state index contributed by atoms with van der Waals surface area (Å²) in [5.74, 6) is 1.77. The van der Waals surface area contributed by atoms with Gasteiger partial charge in [-0.3, -0.25) is 4.90 Å². The highest BCUT2D eigenvalue weighted by Gasteiger charge is 2.19. The molecule has 0 atom stereocenters. The molecule has 0 aliphatic carbocycles. The number of nitrogens with one attached hydrogen (secondary N) is 1. The second-order valence-electron chi connectivity index (χ2n) is 6.65. The monoisotopic (exact) mass is 372 g/mol. The summed E-state index contributed by atoms with van der Waals surface area (Å²) in [5, 5.41) is 5.53. The van der Waals surface area contributed by atoms with Crippen molar-refractivity contribution in [3.05, 3.63) is 23.8 Å². The summed E-state index contributed by atoms with van der Waals surface area (Å²) in [4.78, 5) is 17.4. The van der Waals surface area contributed by atoms with Crippen LogP contribution in [0.5, 0.6) is 0 Å². The van der Waals surface area contributed by atoms with Gasteiger partial charge < -0.3 is 14.6 Å². The molecule has 1 aliphatic heterocycles. The quantitative estimate of drug-likeness (QED) is 0.718. The third-order valence-electron chi connectivity index (χ3n) is 4.56. The summed E-state index contributed by atoms with van der Waals surface area (Å²) in [7, 11) is 0. The molecular formula is C18H24N6OS. The number of rotatable bonds is 6. The highest BCUT2D eigenvalue weighted by atomic mass is 32.1. The molecule has 1 saturated heterocycles. The van der Waals surface area contributed by atoms with Gasteiger partial charge in [0, 0.05) is 32.2 Å². The maximum absolute atomic E-state index is 5.40. The first-order valence-electron chi connectivity index (χ1n) is 9.05. The molecule has 0 spiro atoms. The van der Waals surface area contributed by atoms with Gasteiger partial charge in [0.05, 0.1) is 18.1 Å². The van der Waals surface area contributed by atoms with Gasteiger partial charge in [-0.15, -0.1) is 11.3 Å². The van der Waals surface area contributed by atoms with E-state index in [4.69, 9.17) is 9.72 Å². The molecule has 1 N–H and O–H groups in total. The highest BCUT2D eigenvalue weighted by Crippen LogP contribution is 2.31. The van der Waals surface area contributed by atoms with E-state index in [1.54, 1.807) is 17.7 Å². The van der Waals surface area contributed by atoms with Gasteiger partial charge in [0.2, 0.25) is 0 Å². The first kappa shape index (κ1) is 17.4. The van der Waals surface area contributed by atoms with Crippen LogP contribution >= 0.6 is 11.3 Å². The fraction of sp³-hybridized carbons (Fsp3) is 0.500. The number of morpholine rings is 1. The standard InChI is InChI=1S/C18H24N6OS/c1-13(2)24-17(14-4-3-11-26-14)22-15-16(20-12-21-18(15)24)19-5-6-23-7-9-25-10-8-23/h3-4,11-13H,5-10H2,1-2H3,(H,19,20,21). The highest BCUT2D eigenvalue weighted by molar-refractivity contribution is 7.13. The lowest BCUT2D eigenvalue weighted by molar-refractivity contribution is 0.0398. The maximum atomic E-state index is 5.40. The van der Waals surface area contributed by atoms with Crippen LogP contribution in [0.15, 0.2) is 23.8 Å². The molecule has 0 bridgehead atoms. The predicted octanol–water partition coefficient (Wildman–Crippen LogP) is 2.88. The molecule has 0 radical (unpaired) electrons. The van der Waals surface area contributed by atoms with E-state index in [-0.39, 0.29) is 6.04 Å². The van der Waals surface area contributed by atoms with Gasteiger partial charge in [-0.05, 0) is 25.3 Å². The molecule has 26 heavy (non-hydrogen) atoms. The molecule has 0 aromatic carbocycles. The van der Waals surface area contributed by atoms with E-state index in [0.29, 0.717) is 0 Å². The minimum Gasteiger partial charge on any atom is -0.379 e. The van der Waals surface area contributed by atoms with E-state index in [0.717, 1.165) is 67.1 Å². The molecule has 3 aromatic rings. The van der Waals surface area contributed by atoms with Crippen molar-refractivity contribution in [1.82, 2.24) is 24.4 Å². The van der Waals surface area contributed by atoms with Crippen LogP contribution in [-0.2, 0) is 4.74 Å². The lowest BCUT2D eigenvalue weighted by atomic mass is 10.3. The molecule has 4 rings (SSSR count). The summed E-state index contributed by atoms with van der Waals surface area (Å²) >= 11 is 1.69. The van der Waals surface area contributed by atoms with Gasteiger partial charge in [-0.1, -0.05) is 6.07 Å². The zero-order valence-electron chi connectivity index (χ0n) is 15.2. The first-order chi connectivity index (χ1) is 12.7. The SMILES string of the molecule is CC(C)n1c(-c2cccs2)nc2c(NCCN3CCOCC3)ncnc21. The maximum Gasteiger partial charge on any atom is 0.166 e. The van der Waals surface area contributed by atoms with Gasteiger partial charge >= 0.3 is 0 Å². The number of fused-ring (bicyclic) bond motifs is 1. The number of anilines is 1. The average molecular weight is 372 g/mol. The topological polar surface area (TPSA) is 68.1 Å². The first-order valence-corrected chi connectivity index (χ1v) is 9.93. The molecular weight excluding hydrogens is 348 g/mol. The van der Waals surface area contributed by atoms with Crippen molar-refractivity contribution in [3.63, 3.8) is 0 Å². The number of aromatic nitrogens is 4. The molecule has 0 saturated carbocycles. The fourth-order valence-corrected chi connectivity index (χ4v) is 3.97. The van der Waals surface area contributed by atoms with Crippen LogP contribution in [0.25, 0.3) is 21.9 Å². The van der Waals surface area contributed by atoms with Gasteiger partial charge in [0.1, 0.15) is 6.33 Å². The summed E-state index contributed by atoms with van der Waals surface area (Å²) in [6, 6.07) is 4.43. The van der Waals surface area contributed by atoms with Crippen LogP contribution in [0.3, 0.4) is 0 Å². The molecule has 4 heterocycles. The predicted molar refractivity (Wildman–Crippen MR) is 105 cm³/mol. The van der Waals surface area contributed by atoms with Gasteiger partial charge in [0.25, 0.3) is 0 Å². The lowest BCUT2D eigenvalue weighted by Gasteiger charge is -2.26. The summed E-state index contributed by atoms with van der Waals surface area (Å²) in [6.45, 7) is 9.74. The Morgan fingerprint density at radius 3 is 2.85 bits per heavy atom. The Labute approximate surface area is 157 Å². The zero-order valence-corrected chi connectivity index (χ0v) is 16.0. The molecule has 1 fully saturated rings. The number of hydrogen-bond acceptors (Lipinski definition) is 7. The smallest absolute Gasteiger partial charge is 0.166 e. The summed E-state index contributed by atoms with van der Waals surface area (Å²) in [5.41, 5.74) is 1.72. The largest absolute Gasteiger partial charge is 0.379 e. The second kappa shape index (κ2) is 7.69. The van der Waals surface area contributed by atoms with Gasteiger partial charge in [-0.2, -0.15) is 0 Å². The third-order valence-corrected chi connectivity index (χ3v) is 5.42. The summed E-state index contributed by atoms with van der Waals surface area (Å²) < 4.78 is 7.59. The van der Waals surface area contributed by atoms with E-state index in [1.165, 1.54) is 0 Å². The minimum atomic E-state index is 0.271. The number of thiophene rings is 1. The molecule has 7 nitrogen and oxygen atoms in total. The number of hydrogen-bond donors (Lipinski definition) is 1. The third kappa shape index (κ3) is 3.44. The van der Waals surface area contributed by atoms with Gasteiger partial charge in [-0.25, -0.2) is 15.0 Å². The normalized spacial score (nSPS) is 15.8. The zero-order chi connectivity index (χ0) is 17.9. The van der Waals surface area contributed by atoms with Crippen LogP contribution in [0, 0.1) is 0 Å². The van der Waals surface area contributed by atoms with Crippen LogP contribution in [-0.4, -0.2) is 63.8 Å². The second-order valence-corrected chi connectivity index (χ2v) is 7.60. The molecule has 0 amide bonds. The Morgan fingerprint density at radius 2 is 2.12 bits per heavy atom. The number of nitrogens with zero attached hydrogens (tertiary/aromatic N) is 5. The molecule has 1 aliphatic rings. The Kier molecular flexibility index (Phi) is 5.14. The summed E-state index contributed by atoms with van der Waals surface area (Å²) in [6.07, 6.45) is 1.62. The van der Waals surface area contributed by atoms with E-state index < -0.39 is 0 Å². The molecule has 3 aromatic heterocycles. The molecule has 0 unspecified atom stereocenters. The lowest BCUT2D eigenvalue weighted by Crippen LogP contribution is -2.39. The Balaban J connectivity index is 1.60. The number of ether oxygens (including phenoxy) is 1. The van der Waals surface area contributed by atoms with Crippen molar-refractivity contribution in [3.8, 4) is 10.7 Å². The average Bonchev–Trinajstić information content (AvgIpc) is 3.30. The fourth-order valence-electron chi connectivity index (χ4n) is 3.26. The minimum absolute atomic E-state index is 0.271. The Hall–Kier alpha value is -2.03. The molecule has 8 heteroatoms. The Bertz CT molecular complexity index is 854. The van der Waals surface area contributed by atoms with Crippen molar-refractivity contribution in [2.24, 2.45) is 0 Å². The van der Waals surface area contributed by atoms with Crippen molar-refractivity contribution in [2.45, 2.75) is 19.9 Å². The van der Waals surface area contributed by atoms with Crippen LogP contribution < -0.4 is 5.32 Å². The van der Waals surface area contributed by atoms with E-state index in [2.05, 4.69) is 56.1 Å². The van der Waals surface area contributed by atoms with Crippen molar-refractivity contribution in [1.29, 1.82) is 0 Å². The van der Waals surface area contributed by atoms with E-state index >= 15 is 0 Å². The van der Waals surface area contributed by atoms with Gasteiger partial charge in [0.15, 0.2) is 22.8 Å². The van der Waals surface area contributed by atoms with Crippen molar-refractivity contribution >= 4 is 28.3 Å².